The first-order valence-corrected chi connectivity index (χ1v) is 8.14. The summed E-state index contributed by atoms with van der Waals surface area (Å²) in [6.07, 6.45) is 6.07. The van der Waals surface area contributed by atoms with Crippen molar-refractivity contribution in [2.75, 3.05) is 13.2 Å². The second kappa shape index (κ2) is 13.5. The fourth-order valence-electron chi connectivity index (χ4n) is 1.85. The average molecular weight is 318 g/mol. The lowest BCUT2D eigenvalue weighted by Crippen LogP contribution is -2.19. The van der Waals surface area contributed by atoms with Crippen LogP contribution in [0.15, 0.2) is 0 Å². The Labute approximate surface area is 132 Å². The molecule has 0 aliphatic rings. The topological polar surface area (TPSA) is 93.1 Å². The van der Waals surface area contributed by atoms with Crippen LogP contribution in [0.25, 0.3) is 0 Å². The smallest absolute Gasteiger partial charge is 0.334 e. The second-order valence-corrected chi connectivity index (χ2v) is 5.52. The summed E-state index contributed by atoms with van der Waals surface area (Å²) in [7, 11) is 0. The molecule has 0 spiro atoms. The normalized spacial score (nSPS) is 13.5. The zero-order valence-electron chi connectivity index (χ0n) is 13.8. The molecule has 0 amide bonds. The summed E-state index contributed by atoms with van der Waals surface area (Å²) in [6, 6.07) is 0. The Morgan fingerprint density at radius 1 is 0.682 bits per heavy atom. The second-order valence-electron chi connectivity index (χ2n) is 5.52. The van der Waals surface area contributed by atoms with Crippen LogP contribution in [0.4, 0.5) is 0 Å². The lowest BCUT2D eigenvalue weighted by Gasteiger charge is -2.07. The largest absolute Gasteiger partial charge is 0.464 e. The minimum atomic E-state index is -1.04. The number of ether oxygens (including phenoxy) is 2. The zero-order valence-corrected chi connectivity index (χ0v) is 13.8. The number of hydrogen-bond acceptors (Lipinski definition) is 6. The lowest BCUT2D eigenvalue weighted by atomic mass is 10.1. The van der Waals surface area contributed by atoms with Gasteiger partial charge in [0.25, 0.3) is 0 Å². The van der Waals surface area contributed by atoms with Gasteiger partial charge in [-0.15, -0.1) is 0 Å². The van der Waals surface area contributed by atoms with E-state index in [2.05, 4.69) is 0 Å². The molecule has 0 aliphatic carbocycles. The quantitative estimate of drug-likeness (QED) is 0.398. The van der Waals surface area contributed by atoms with Crippen molar-refractivity contribution in [1.82, 2.24) is 0 Å². The number of esters is 2. The van der Waals surface area contributed by atoms with E-state index in [1.54, 1.807) is 0 Å². The standard InChI is InChI=1S/C16H30O6/c1-13(17)15(19)21-11-9-7-5-3-4-6-8-10-12-22-16(20)14(2)18/h13-14,17-18H,3-12H2,1-2H3/t13-,14-/m0/s1. The summed E-state index contributed by atoms with van der Waals surface area (Å²) in [5.41, 5.74) is 0. The van der Waals surface area contributed by atoms with Gasteiger partial charge in [-0.2, -0.15) is 0 Å². The highest BCUT2D eigenvalue weighted by atomic mass is 16.5. The SMILES string of the molecule is C[C@H](O)C(=O)OCCCCCCCCCCOC(=O)[C@H](C)O. The minimum Gasteiger partial charge on any atom is -0.464 e. The molecule has 0 rings (SSSR count). The lowest BCUT2D eigenvalue weighted by molar-refractivity contribution is -0.153. The third-order valence-electron chi connectivity index (χ3n) is 3.21. The molecule has 0 fully saturated rings. The molecule has 22 heavy (non-hydrogen) atoms. The van der Waals surface area contributed by atoms with Crippen LogP contribution in [-0.2, 0) is 19.1 Å². The van der Waals surface area contributed by atoms with Gasteiger partial charge in [-0.05, 0) is 26.7 Å². The maximum absolute atomic E-state index is 11.0. The highest BCUT2D eigenvalue weighted by Crippen LogP contribution is 2.09. The van der Waals surface area contributed by atoms with Crippen molar-refractivity contribution < 1.29 is 29.3 Å². The molecule has 0 saturated heterocycles. The molecule has 0 radical (unpaired) electrons. The highest BCUT2D eigenvalue weighted by molar-refractivity contribution is 5.74. The molecular formula is C16H30O6. The maximum Gasteiger partial charge on any atom is 0.334 e. The Hall–Kier alpha value is -1.14. The van der Waals surface area contributed by atoms with Crippen molar-refractivity contribution in [2.24, 2.45) is 0 Å². The van der Waals surface area contributed by atoms with Crippen LogP contribution < -0.4 is 0 Å². The third-order valence-corrected chi connectivity index (χ3v) is 3.21. The van der Waals surface area contributed by atoms with Crippen molar-refractivity contribution >= 4 is 11.9 Å². The minimum absolute atomic E-state index is 0.373. The molecule has 0 aliphatic heterocycles. The van der Waals surface area contributed by atoms with Crippen LogP contribution >= 0.6 is 0 Å². The van der Waals surface area contributed by atoms with Crippen LogP contribution in [0.1, 0.15) is 65.2 Å². The van der Waals surface area contributed by atoms with E-state index in [9.17, 15) is 9.59 Å². The van der Waals surface area contributed by atoms with E-state index in [0.29, 0.717) is 13.2 Å². The van der Waals surface area contributed by atoms with E-state index in [-0.39, 0.29) is 0 Å². The highest BCUT2D eigenvalue weighted by Gasteiger charge is 2.09. The summed E-state index contributed by atoms with van der Waals surface area (Å²) in [5.74, 6) is -1.12. The Kier molecular flexibility index (Phi) is 12.8. The molecule has 0 heterocycles. The number of unbranched alkanes of at least 4 members (excludes halogenated alkanes) is 7. The first-order valence-electron chi connectivity index (χ1n) is 8.14. The summed E-state index contributed by atoms with van der Waals surface area (Å²) in [4.78, 5) is 21.9. The van der Waals surface area contributed by atoms with Gasteiger partial charge in [0.05, 0.1) is 13.2 Å². The molecule has 2 atom stereocenters. The predicted octanol–water partition coefficient (Wildman–Crippen LogP) is 1.96. The molecule has 0 saturated carbocycles. The number of carbonyl (C=O) groups excluding carboxylic acids is 2. The average Bonchev–Trinajstić information content (AvgIpc) is 2.47. The fourth-order valence-corrected chi connectivity index (χ4v) is 1.85. The van der Waals surface area contributed by atoms with Crippen molar-refractivity contribution in [3.8, 4) is 0 Å². The van der Waals surface area contributed by atoms with Gasteiger partial charge in [0.1, 0.15) is 12.2 Å². The molecular weight excluding hydrogens is 288 g/mol. The van der Waals surface area contributed by atoms with Gasteiger partial charge in [-0.3, -0.25) is 0 Å². The molecule has 130 valence electrons. The molecule has 6 heteroatoms. The van der Waals surface area contributed by atoms with E-state index >= 15 is 0 Å². The van der Waals surface area contributed by atoms with Crippen molar-refractivity contribution in [3.63, 3.8) is 0 Å². The Bertz CT molecular complexity index is 271. The number of hydrogen-bond donors (Lipinski definition) is 2. The zero-order chi connectivity index (χ0) is 16.8. The number of aliphatic hydroxyl groups is 2. The monoisotopic (exact) mass is 318 g/mol. The van der Waals surface area contributed by atoms with E-state index in [0.717, 1.165) is 51.4 Å². The number of carbonyl (C=O) groups is 2. The number of aliphatic hydroxyl groups excluding tert-OH is 2. The molecule has 0 aromatic carbocycles. The summed E-state index contributed by atoms with van der Waals surface area (Å²) in [5, 5.41) is 17.9. The predicted molar refractivity (Wildman–Crippen MR) is 82.2 cm³/mol. The first-order chi connectivity index (χ1) is 10.4. The molecule has 6 nitrogen and oxygen atoms in total. The van der Waals surface area contributed by atoms with Gasteiger partial charge in [-0.25, -0.2) is 9.59 Å². The van der Waals surface area contributed by atoms with Crippen molar-refractivity contribution in [1.29, 1.82) is 0 Å². The van der Waals surface area contributed by atoms with E-state index in [1.807, 2.05) is 0 Å². The Morgan fingerprint density at radius 2 is 0.955 bits per heavy atom. The fraction of sp³-hybridized carbons (Fsp3) is 0.875. The Balaban J connectivity index is 3.18. The molecule has 2 N–H and O–H groups in total. The Morgan fingerprint density at radius 3 is 1.23 bits per heavy atom. The van der Waals surface area contributed by atoms with Crippen LogP contribution in [0.3, 0.4) is 0 Å². The van der Waals surface area contributed by atoms with Gasteiger partial charge >= 0.3 is 11.9 Å². The van der Waals surface area contributed by atoms with Gasteiger partial charge in [-0.1, -0.05) is 38.5 Å². The molecule has 0 aromatic heterocycles. The van der Waals surface area contributed by atoms with Gasteiger partial charge in [0.15, 0.2) is 0 Å². The molecule has 0 unspecified atom stereocenters. The first kappa shape index (κ1) is 20.9. The van der Waals surface area contributed by atoms with Crippen LogP contribution in [0.5, 0.6) is 0 Å². The molecule has 0 aromatic rings. The summed E-state index contributed by atoms with van der Waals surface area (Å²) >= 11 is 0. The van der Waals surface area contributed by atoms with Gasteiger partial charge < -0.3 is 19.7 Å². The van der Waals surface area contributed by atoms with E-state index in [4.69, 9.17) is 19.7 Å². The summed E-state index contributed by atoms with van der Waals surface area (Å²) < 4.78 is 9.73. The molecule has 0 bridgehead atoms. The van der Waals surface area contributed by atoms with Crippen LogP contribution in [-0.4, -0.2) is 47.6 Å². The van der Waals surface area contributed by atoms with Crippen LogP contribution in [0.2, 0.25) is 0 Å². The summed E-state index contributed by atoms with van der Waals surface area (Å²) in [6.45, 7) is 3.54. The third kappa shape index (κ3) is 12.6. The van der Waals surface area contributed by atoms with Gasteiger partial charge in [0.2, 0.25) is 0 Å². The van der Waals surface area contributed by atoms with Crippen molar-refractivity contribution in [3.05, 3.63) is 0 Å². The van der Waals surface area contributed by atoms with Gasteiger partial charge in [0, 0.05) is 0 Å². The van der Waals surface area contributed by atoms with E-state index in [1.165, 1.54) is 13.8 Å². The number of rotatable bonds is 13. The van der Waals surface area contributed by atoms with E-state index < -0.39 is 24.1 Å². The van der Waals surface area contributed by atoms with Crippen LogP contribution in [0, 0.1) is 0 Å². The maximum atomic E-state index is 11.0. The van der Waals surface area contributed by atoms with Crippen molar-refractivity contribution in [2.45, 2.75) is 77.4 Å².